The normalized spacial score (nSPS) is 15.0. The molecule has 5 aromatic carbocycles. The molecule has 0 radical (unpaired) electrons. The molecule has 35 heavy (non-hydrogen) atoms. The van der Waals surface area contributed by atoms with Gasteiger partial charge in [-0.3, -0.25) is 0 Å². The van der Waals surface area contributed by atoms with Gasteiger partial charge in [-0.15, -0.1) is 0 Å². The van der Waals surface area contributed by atoms with Gasteiger partial charge in [0.1, 0.15) is 0 Å². The molecule has 0 bridgehead atoms. The van der Waals surface area contributed by atoms with Gasteiger partial charge >= 0.3 is 0 Å². The summed E-state index contributed by atoms with van der Waals surface area (Å²) in [5.41, 5.74) is 12.1. The fraction of sp³-hybridized carbons (Fsp3) is 0. The van der Waals surface area contributed by atoms with Crippen LogP contribution in [0.3, 0.4) is 0 Å². The van der Waals surface area contributed by atoms with Gasteiger partial charge in [0.25, 0.3) is 6.71 Å². The maximum atomic E-state index is 2.52. The van der Waals surface area contributed by atoms with Crippen LogP contribution in [-0.4, -0.2) is 6.71 Å². The van der Waals surface area contributed by atoms with Gasteiger partial charge in [0.05, 0.1) is 22.7 Å². The molecule has 0 fully saturated rings. The molecule has 0 N–H and O–H groups in total. The largest absolute Gasteiger partial charge is 0.309 e. The molecule has 4 aliphatic heterocycles. The Bertz CT molecular complexity index is 1620. The molecule has 0 saturated carbocycles. The Balaban J connectivity index is 1.43. The first-order chi connectivity index (χ1) is 17.4. The average molecular weight is 480 g/mol. The topological polar surface area (TPSA) is 6.48 Å². The third-order valence-corrected chi connectivity index (χ3v) is 9.84. The SMILES string of the molecule is c1ccc2c(c1)Sc1cccc3c1N2c1cccc2c1B3c1cccc3c1N2c1ccccc1S3. The summed E-state index contributed by atoms with van der Waals surface area (Å²) in [6, 6.07) is 38.3. The van der Waals surface area contributed by atoms with Crippen molar-refractivity contribution in [1.29, 1.82) is 0 Å². The highest BCUT2D eigenvalue weighted by Gasteiger charge is 2.46. The summed E-state index contributed by atoms with van der Waals surface area (Å²) in [5.74, 6) is 0. The molecule has 0 spiro atoms. The average Bonchev–Trinajstić information content (AvgIpc) is 2.91. The molecule has 0 aromatic heterocycles. The Hall–Kier alpha value is -3.54. The molecule has 0 atom stereocenters. The molecule has 162 valence electrons. The maximum absolute atomic E-state index is 2.52. The van der Waals surface area contributed by atoms with Gasteiger partial charge in [-0.2, -0.15) is 0 Å². The van der Waals surface area contributed by atoms with Crippen LogP contribution < -0.4 is 26.2 Å². The van der Waals surface area contributed by atoms with Crippen molar-refractivity contribution in [3.8, 4) is 0 Å². The Kier molecular flexibility index (Phi) is 3.52. The molecule has 0 saturated heterocycles. The zero-order valence-corrected chi connectivity index (χ0v) is 20.2. The Morgan fingerprint density at radius 3 is 1.40 bits per heavy atom. The number of fused-ring (bicyclic) bond motifs is 8. The highest BCUT2D eigenvalue weighted by atomic mass is 32.2. The van der Waals surface area contributed by atoms with Gasteiger partial charge in [-0.05, 0) is 64.9 Å². The lowest BCUT2D eigenvalue weighted by Crippen LogP contribution is -2.62. The predicted molar refractivity (Wildman–Crippen MR) is 149 cm³/mol. The number of nitrogens with zero attached hydrogens (tertiary/aromatic N) is 2. The van der Waals surface area contributed by atoms with Gasteiger partial charge in [0, 0.05) is 31.0 Å². The van der Waals surface area contributed by atoms with E-state index in [1.54, 1.807) is 0 Å². The zero-order valence-electron chi connectivity index (χ0n) is 18.6. The quantitative estimate of drug-likeness (QED) is 0.223. The summed E-state index contributed by atoms with van der Waals surface area (Å²) in [5, 5.41) is 0. The second-order valence-electron chi connectivity index (χ2n) is 9.34. The van der Waals surface area contributed by atoms with Gasteiger partial charge in [-0.25, -0.2) is 0 Å². The van der Waals surface area contributed by atoms with Crippen molar-refractivity contribution in [2.75, 3.05) is 9.80 Å². The molecular weight excluding hydrogens is 463 g/mol. The zero-order chi connectivity index (χ0) is 22.7. The van der Waals surface area contributed by atoms with Crippen LogP contribution in [0.25, 0.3) is 0 Å². The highest BCUT2D eigenvalue weighted by molar-refractivity contribution is 8.00. The van der Waals surface area contributed by atoms with E-state index in [4.69, 9.17) is 0 Å². The lowest BCUT2D eigenvalue weighted by molar-refractivity contribution is 1.15. The van der Waals surface area contributed by atoms with Crippen LogP contribution in [0, 0.1) is 0 Å². The summed E-state index contributed by atoms with van der Waals surface area (Å²) < 4.78 is 0. The van der Waals surface area contributed by atoms with Crippen LogP contribution in [0.2, 0.25) is 0 Å². The third-order valence-electron chi connectivity index (χ3n) is 7.61. The number of hydrogen-bond acceptors (Lipinski definition) is 4. The first-order valence-corrected chi connectivity index (χ1v) is 13.5. The number of benzene rings is 5. The second kappa shape index (κ2) is 6.57. The van der Waals surface area contributed by atoms with Crippen LogP contribution in [-0.2, 0) is 0 Å². The van der Waals surface area contributed by atoms with Crippen molar-refractivity contribution in [3.05, 3.63) is 103 Å². The first-order valence-electron chi connectivity index (χ1n) is 11.9. The van der Waals surface area contributed by atoms with E-state index in [9.17, 15) is 0 Å². The van der Waals surface area contributed by atoms with Gasteiger partial charge in [0.15, 0.2) is 0 Å². The first kappa shape index (κ1) is 18.8. The van der Waals surface area contributed by atoms with E-state index in [-0.39, 0.29) is 6.71 Å². The fourth-order valence-electron chi connectivity index (χ4n) is 6.33. The van der Waals surface area contributed by atoms with Gasteiger partial charge in [0.2, 0.25) is 0 Å². The van der Waals surface area contributed by atoms with Gasteiger partial charge in [-0.1, -0.05) is 78.1 Å². The van der Waals surface area contributed by atoms with Crippen molar-refractivity contribution < 1.29 is 0 Å². The Morgan fingerprint density at radius 1 is 0.429 bits per heavy atom. The molecule has 5 heteroatoms. The summed E-state index contributed by atoms with van der Waals surface area (Å²) in [4.78, 5) is 10.3. The van der Waals surface area contributed by atoms with Crippen LogP contribution in [0.1, 0.15) is 0 Å². The predicted octanol–water partition coefficient (Wildman–Crippen LogP) is 6.70. The van der Waals surface area contributed by atoms with E-state index < -0.39 is 0 Å². The molecule has 4 aliphatic rings. The van der Waals surface area contributed by atoms with E-state index in [1.165, 1.54) is 70.1 Å². The van der Waals surface area contributed by atoms with Crippen molar-refractivity contribution >= 4 is 80.7 Å². The maximum Gasteiger partial charge on any atom is 0.252 e. The number of para-hydroxylation sites is 4. The third kappa shape index (κ3) is 2.26. The summed E-state index contributed by atoms with van der Waals surface area (Å²) in [6.45, 7) is 0.218. The van der Waals surface area contributed by atoms with E-state index in [0.29, 0.717) is 0 Å². The molecule has 0 amide bonds. The van der Waals surface area contributed by atoms with E-state index >= 15 is 0 Å². The minimum absolute atomic E-state index is 0.218. The van der Waals surface area contributed by atoms with Crippen LogP contribution in [0.4, 0.5) is 34.1 Å². The second-order valence-corrected chi connectivity index (χ2v) is 11.5. The van der Waals surface area contributed by atoms with Gasteiger partial charge < -0.3 is 9.80 Å². The highest BCUT2D eigenvalue weighted by Crippen LogP contribution is 2.56. The fourth-order valence-corrected chi connectivity index (χ4v) is 8.53. The molecule has 2 nitrogen and oxygen atoms in total. The van der Waals surface area contributed by atoms with Crippen LogP contribution >= 0.6 is 23.5 Å². The molecule has 5 aromatic rings. The molecule has 0 aliphatic carbocycles. The van der Waals surface area contributed by atoms with E-state index in [2.05, 4.69) is 113 Å². The minimum atomic E-state index is 0.218. The molecule has 9 rings (SSSR count). The van der Waals surface area contributed by atoms with Crippen LogP contribution in [0.5, 0.6) is 0 Å². The number of rotatable bonds is 0. The monoisotopic (exact) mass is 480 g/mol. The van der Waals surface area contributed by atoms with Crippen molar-refractivity contribution in [2.45, 2.75) is 19.6 Å². The molecule has 0 unspecified atom stereocenters. The smallest absolute Gasteiger partial charge is 0.252 e. The van der Waals surface area contributed by atoms with Crippen molar-refractivity contribution in [3.63, 3.8) is 0 Å². The van der Waals surface area contributed by atoms with Crippen LogP contribution in [0.15, 0.2) is 123 Å². The van der Waals surface area contributed by atoms with E-state index in [0.717, 1.165) is 0 Å². The lowest BCUT2D eigenvalue weighted by Gasteiger charge is -2.47. The molecular formula is C30H17BN2S2. The minimum Gasteiger partial charge on any atom is -0.309 e. The van der Waals surface area contributed by atoms with E-state index in [1.807, 2.05) is 23.5 Å². The Labute approximate surface area is 212 Å². The summed E-state index contributed by atoms with van der Waals surface area (Å²) in [7, 11) is 0. The van der Waals surface area contributed by atoms with Crippen molar-refractivity contribution in [1.82, 2.24) is 0 Å². The Morgan fingerprint density at radius 2 is 0.857 bits per heavy atom. The standard InChI is InChI=1S/C30H17BN2S2/c1-3-14-24-20(10-1)32-22-12-7-13-23-28(22)31(18-8-5-16-26(34-24)29(18)32)19-9-6-17-27-30(19)33(23)21-11-2-4-15-25(21)35-27/h1-17H. The number of hydrogen-bond donors (Lipinski definition) is 0. The molecule has 4 heterocycles. The summed E-state index contributed by atoms with van der Waals surface area (Å²) >= 11 is 3.79. The number of anilines is 6. The summed E-state index contributed by atoms with van der Waals surface area (Å²) in [6.07, 6.45) is 0. The van der Waals surface area contributed by atoms with Crippen molar-refractivity contribution in [2.24, 2.45) is 0 Å². The lowest BCUT2D eigenvalue weighted by atomic mass is 9.33.